The average molecular weight is 435 g/mol. The molecule has 0 aliphatic carbocycles. The van der Waals surface area contributed by atoms with Crippen molar-refractivity contribution in [2.24, 2.45) is 5.41 Å². The van der Waals surface area contributed by atoms with Crippen LogP contribution in [0.5, 0.6) is 0 Å². The third-order valence-electron chi connectivity index (χ3n) is 5.50. The van der Waals surface area contributed by atoms with Crippen molar-refractivity contribution in [3.8, 4) is 0 Å². The summed E-state index contributed by atoms with van der Waals surface area (Å²) in [5.41, 5.74) is 2.38. The van der Waals surface area contributed by atoms with Crippen molar-refractivity contribution in [2.45, 2.75) is 46.1 Å². The number of hydrogen-bond acceptors (Lipinski definition) is 4. The molecule has 0 fully saturated rings. The number of allylic oxidation sites excluding steroid dienone is 1. The smallest absolute Gasteiger partial charge is 0.232 e. The predicted octanol–water partition coefficient (Wildman–Crippen LogP) is 6.42. The minimum Gasteiger partial charge on any atom is -0.301 e. The molecule has 3 rings (SSSR count). The molecule has 1 atom stereocenters. The SMILES string of the molecule is C=Cc1cn(C(C)C)nc1/C=C\CC(c1ccccc1)C(C)(C)C(=O)Nc1nccs1. The normalized spacial score (nSPS) is 12.9. The lowest BCUT2D eigenvalue weighted by Gasteiger charge is -2.32. The Kier molecular flexibility index (Phi) is 7.23. The molecule has 0 saturated heterocycles. The number of aromatic nitrogens is 3. The third kappa shape index (κ3) is 5.39. The van der Waals surface area contributed by atoms with Gasteiger partial charge in [-0.3, -0.25) is 9.48 Å². The number of thiazole rings is 1. The number of nitrogens with zero attached hydrogens (tertiary/aromatic N) is 3. The van der Waals surface area contributed by atoms with Gasteiger partial charge in [-0.25, -0.2) is 4.98 Å². The molecule has 0 aliphatic rings. The van der Waals surface area contributed by atoms with E-state index in [1.807, 2.05) is 60.5 Å². The molecule has 31 heavy (non-hydrogen) atoms. The molecule has 0 spiro atoms. The Morgan fingerprint density at radius 2 is 2.03 bits per heavy atom. The zero-order valence-corrected chi connectivity index (χ0v) is 19.4. The maximum absolute atomic E-state index is 13.2. The van der Waals surface area contributed by atoms with E-state index in [0.717, 1.165) is 16.8 Å². The van der Waals surface area contributed by atoms with Crippen molar-refractivity contribution in [3.63, 3.8) is 0 Å². The summed E-state index contributed by atoms with van der Waals surface area (Å²) in [5, 5.41) is 10.1. The van der Waals surface area contributed by atoms with Crippen LogP contribution in [0.25, 0.3) is 12.2 Å². The highest BCUT2D eigenvalue weighted by Gasteiger charge is 2.37. The summed E-state index contributed by atoms with van der Waals surface area (Å²) in [5.74, 6) is -0.0511. The number of nitrogens with one attached hydrogen (secondary N) is 1. The van der Waals surface area contributed by atoms with Gasteiger partial charge in [-0.05, 0) is 31.9 Å². The van der Waals surface area contributed by atoms with Gasteiger partial charge in [-0.2, -0.15) is 5.10 Å². The molecule has 2 heterocycles. The first-order valence-corrected chi connectivity index (χ1v) is 11.3. The van der Waals surface area contributed by atoms with E-state index >= 15 is 0 Å². The minimum absolute atomic E-state index is 0.00993. The minimum atomic E-state index is -0.643. The van der Waals surface area contributed by atoms with Gasteiger partial charge in [0.1, 0.15) is 0 Å². The molecule has 1 unspecified atom stereocenters. The van der Waals surface area contributed by atoms with Crippen molar-refractivity contribution >= 4 is 34.5 Å². The molecule has 162 valence electrons. The van der Waals surface area contributed by atoms with Gasteiger partial charge in [0.2, 0.25) is 5.91 Å². The molecule has 3 aromatic rings. The monoisotopic (exact) mass is 434 g/mol. The highest BCUT2D eigenvalue weighted by Crippen LogP contribution is 2.40. The van der Waals surface area contributed by atoms with Crippen molar-refractivity contribution in [1.29, 1.82) is 0 Å². The number of carbonyl (C=O) groups is 1. The summed E-state index contributed by atoms with van der Waals surface area (Å²) in [7, 11) is 0. The van der Waals surface area contributed by atoms with Crippen LogP contribution in [0.2, 0.25) is 0 Å². The van der Waals surface area contributed by atoms with E-state index in [1.165, 1.54) is 11.3 Å². The summed E-state index contributed by atoms with van der Waals surface area (Å²) in [6.45, 7) is 12.1. The fourth-order valence-corrected chi connectivity index (χ4v) is 4.05. The van der Waals surface area contributed by atoms with E-state index in [4.69, 9.17) is 0 Å². The van der Waals surface area contributed by atoms with Gasteiger partial charge < -0.3 is 5.32 Å². The Hall–Kier alpha value is -2.99. The maximum Gasteiger partial charge on any atom is 0.232 e. The first-order chi connectivity index (χ1) is 14.8. The molecule has 2 aromatic heterocycles. The van der Waals surface area contributed by atoms with Gasteiger partial charge in [0.15, 0.2) is 5.13 Å². The molecular formula is C25H30N4OS. The number of benzene rings is 1. The number of hydrogen-bond donors (Lipinski definition) is 1. The van der Waals surface area contributed by atoms with Crippen LogP contribution in [0.4, 0.5) is 5.13 Å². The van der Waals surface area contributed by atoms with E-state index in [0.29, 0.717) is 11.6 Å². The van der Waals surface area contributed by atoms with Gasteiger partial charge in [0.05, 0.1) is 11.1 Å². The second-order valence-corrected chi connectivity index (χ2v) is 9.26. The number of rotatable bonds is 9. The summed E-state index contributed by atoms with van der Waals surface area (Å²) >= 11 is 1.42. The number of anilines is 1. The average Bonchev–Trinajstić information content (AvgIpc) is 3.41. The van der Waals surface area contributed by atoms with E-state index in [-0.39, 0.29) is 17.9 Å². The Balaban J connectivity index is 1.85. The first-order valence-electron chi connectivity index (χ1n) is 10.5. The Labute approximate surface area is 188 Å². The molecule has 6 heteroatoms. The largest absolute Gasteiger partial charge is 0.301 e. The van der Waals surface area contributed by atoms with Crippen LogP contribution in [0, 0.1) is 5.41 Å². The van der Waals surface area contributed by atoms with Crippen molar-refractivity contribution in [3.05, 3.63) is 77.6 Å². The summed E-state index contributed by atoms with van der Waals surface area (Å²) < 4.78 is 1.94. The van der Waals surface area contributed by atoms with E-state index < -0.39 is 5.41 Å². The zero-order chi connectivity index (χ0) is 22.4. The Bertz CT molecular complexity index is 1030. The molecule has 1 amide bonds. The Morgan fingerprint density at radius 3 is 2.65 bits per heavy atom. The fraction of sp³-hybridized carbons (Fsp3) is 0.320. The van der Waals surface area contributed by atoms with Crippen LogP contribution in [-0.2, 0) is 4.79 Å². The Morgan fingerprint density at radius 1 is 1.29 bits per heavy atom. The van der Waals surface area contributed by atoms with E-state index in [1.54, 1.807) is 6.20 Å². The molecule has 0 bridgehead atoms. The molecule has 1 N–H and O–H groups in total. The van der Waals surface area contributed by atoms with E-state index in [2.05, 4.69) is 54.0 Å². The van der Waals surface area contributed by atoms with Crippen LogP contribution < -0.4 is 5.32 Å². The van der Waals surface area contributed by atoms with Gasteiger partial charge in [0.25, 0.3) is 0 Å². The quantitative estimate of drug-likeness (QED) is 0.423. The molecule has 0 saturated carbocycles. The molecule has 0 aliphatic heterocycles. The fourth-order valence-electron chi connectivity index (χ4n) is 3.52. The zero-order valence-electron chi connectivity index (χ0n) is 18.6. The van der Waals surface area contributed by atoms with Gasteiger partial charge in [-0.15, -0.1) is 11.3 Å². The van der Waals surface area contributed by atoms with Crippen molar-refractivity contribution < 1.29 is 4.79 Å². The topological polar surface area (TPSA) is 59.8 Å². The van der Waals surface area contributed by atoms with Crippen LogP contribution in [0.15, 0.2) is 60.8 Å². The highest BCUT2D eigenvalue weighted by molar-refractivity contribution is 7.13. The van der Waals surface area contributed by atoms with Crippen molar-refractivity contribution in [1.82, 2.24) is 14.8 Å². The molecule has 0 radical (unpaired) electrons. The lowest BCUT2D eigenvalue weighted by Crippen LogP contribution is -2.36. The maximum atomic E-state index is 13.2. The standard InChI is InChI=1S/C25H30N4OS/c1-6-19-17-29(18(2)3)28-22(19)14-10-13-21(20-11-8-7-9-12-20)25(4,5)23(30)27-24-26-15-16-31-24/h6-12,14-18,21H,1,13H2,2-5H3,(H,26,27,30)/b14-10-. The second-order valence-electron chi connectivity index (χ2n) is 8.36. The number of carbonyl (C=O) groups excluding carboxylic acids is 1. The summed E-state index contributed by atoms with van der Waals surface area (Å²) in [6.07, 6.45) is 10.4. The van der Waals surface area contributed by atoms with Gasteiger partial charge in [0, 0.05) is 35.3 Å². The molecule has 1 aromatic carbocycles. The van der Waals surface area contributed by atoms with Crippen molar-refractivity contribution in [2.75, 3.05) is 5.32 Å². The van der Waals surface area contributed by atoms with E-state index in [9.17, 15) is 4.79 Å². The van der Waals surface area contributed by atoms with Crippen LogP contribution >= 0.6 is 11.3 Å². The molecular weight excluding hydrogens is 404 g/mol. The molecule has 5 nitrogen and oxygen atoms in total. The second kappa shape index (κ2) is 9.88. The third-order valence-corrected chi connectivity index (χ3v) is 6.19. The number of amides is 1. The van der Waals surface area contributed by atoms with Crippen LogP contribution in [-0.4, -0.2) is 20.7 Å². The van der Waals surface area contributed by atoms with Gasteiger partial charge >= 0.3 is 0 Å². The first kappa shape index (κ1) is 22.7. The van der Waals surface area contributed by atoms with Crippen LogP contribution in [0.3, 0.4) is 0 Å². The lowest BCUT2D eigenvalue weighted by atomic mass is 9.72. The van der Waals surface area contributed by atoms with Gasteiger partial charge in [-0.1, -0.05) is 62.9 Å². The highest BCUT2D eigenvalue weighted by atomic mass is 32.1. The summed E-state index contributed by atoms with van der Waals surface area (Å²) in [6, 6.07) is 10.5. The summed E-state index contributed by atoms with van der Waals surface area (Å²) in [4.78, 5) is 17.4. The lowest BCUT2D eigenvalue weighted by molar-refractivity contribution is -0.125. The van der Waals surface area contributed by atoms with Crippen LogP contribution in [0.1, 0.15) is 62.9 Å². The predicted molar refractivity (Wildman–Crippen MR) is 130 cm³/mol.